The summed E-state index contributed by atoms with van der Waals surface area (Å²) in [4.78, 5) is 13.2. The first kappa shape index (κ1) is 15.2. The van der Waals surface area contributed by atoms with Crippen LogP contribution in [0.4, 0.5) is 0 Å². The first-order valence-electron chi connectivity index (χ1n) is 7.94. The standard InChI is InChI=1S/C17H23NO4/c1-3-21-14-5-4-13-6-7-17(22-15(13)10-14)8-9-18(11-17)12(2)16(19)20/h4-5,10,12H,3,6-9,11H2,1-2H3,(H,19,20). The van der Waals surface area contributed by atoms with E-state index in [1.807, 2.05) is 24.0 Å². The summed E-state index contributed by atoms with van der Waals surface area (Å²) in [5, 5.41) is 9.18. The van der Waals surface area contributed by atoms with E-state index in [0.29, 0.717) is 13.2 Å². The monoisotopic (exact) mass is 305 g/mol. The summed E-state index contributed by atoms with van der Waals surface area (Å²) in [6.07, 6.45) is 2.79. The van der Waals surface area contributed by atoms with Crippen molar-refractivity contribution in [1.82, 2.24) is 4.90 Å². The van der Waals surface area contributed by atoms with E-state index in [1.54, 1.807) is 6.92 Å². The maximum absolute atomic E-state index is 11.2. The Bertz CT molecular complexity index is 574. The molecule has 1 fully saturated rings. The quantitative estimate of drug-likeness (QED) is 0.925. The maximum atomic E-state index is 11.2. The molecule has 0 aromatic heterocycles. The summed E-state index contributed by atoms with van der Waals surface area (Å²) >= 11 is 0. The van der Waals surface area contributed by atoms with Gasteiger partial charge in [-0.1, -0.05) is 6.07 Å². The van der Waals surface area contributed by atoms with Crippen LogP contribution < -0.4 is 9.47 Å². The molecule has 5 heteroatoms. The minimum atomic E-state index is -0.771. The highest BCUT2D eigenvalue weighted by Crippen LogP contribution is 2.40. The van der Waals surface area contributed by atoms with E-state index < -0.39 is 12.0 Å². The van der Waals surface area contributed by atoms with E-state index in [1.165, 1.54) is 5.56 Å². The fourth-order valence-electron chi connectivity index (χ4n) is 3.39. The Balaban J connectivity index is 1.76. The highest BCUT2D eigenvalue weighted by atomic mass is 16.5. The average Bonchev–Trinajstić information content (AvgIpc) is 2.90. The van der Waals surface area contributed by atoms with Crippen molar-refractivity contribution >= 4 is 5.97 Å². The molecule has 0 amide bonds. The summed E-state index contributed by atoms with van der Waals surface area (Å²) in [6.45, 7) is 5.79. The van der Waals surface area contributed by atoms with Crippen LogP contribution in [0.15, 0.2) is 18.2 Å². The third kappa shape index (κ3) is 2.77. The topological polar surface area (TPSA) is 59.0 Å². The van der Waals surface area contributed by atoms with Crippen LogP contribution in [-0.4, -0.2) is 47.3 Å². The van der Waals surface area contributed by atoms with Crippen LogP contribution >= 0.6 is 0 Å². The van der Waals surface area contributed by atoms with E-state index in [-0.39, 0.29) is 5.60 Å². The zero-order chi connectivity index (χ0) is 15.7. The summed E-state index contributed by atoms with van der Waals surface area (Å²) in [7, 11) is 0. The van der Waals surface area contributed by atoms with Gasteiger partial charge >= 0.3 is 5.97 Å². The van der Waals surface area contributed by atoms with Crippen LogP contribution in [0, 0.1) is 0 Å². The molecule has 1 saturated heterocycles. The van der Waals surface area contributed by atoms with Crippen molar-refractivity contribution in [1.29, 1.82) is 0 Å². The fraction of sp³-hybridized carbons (Fsp3) is 0.588. The zero-order valence-corrected chi connectivity index (χ0v) is 13.2. The number of hydrogen-bond acceptors (Lipinski definition) is 4. The Labute approximate surface area is 130 Å². The number of benzene rings is 1. The van der Waals surface area contributed by atoms with Crippen LogP contribution in [0.25, 0.3) is 0 Å². The molecular weight excluding hydrogens is 282 g/mol. The average molecular weight is 305 g/mol. The van der Waals surface area contributed by atoms with Gasteiger partial charge in [0.1, 0.15) is 23.1 Å². The van der Waals surface area contributed by atoms with Crippen molar-refractivity contribution in [2.45, 2.75) is 44.8 Å². The summed E-state index contributed by atoms with van der Waals surface area (Å²) in [5.74, 6) is 0.945. The van der Waals surface area contributed by atoms with Crippen LogP contribution in [0.2, 0.25) is 0 Å². The van der Waals surface area contributed by atoms with Gasteiger partial charge in [0.05, 0.1) is 6.61 Å². The molecule has 1 spiro atoms. The molecule has 1 aromatic carbocycles. The molecule has 0 aliphatic carbocycles. The number of nitrogens with zero attached hydrogens (tertiary/aromatic N) is 1. The molecule has 2 unspecified atom stereocenters. The van der Waals surface area contributed by atoms with Gasteiger partial charge in [-0.05, 0) is 38.3 Å². The second kappa shape index (κ2) is 5.80. The van der Waals surface area contributed by atoms with Crippen molar-refractivity contribution < 1.29 is 19.4 Å². The number of ether oxygens (including phenoxy) is 2. The predicted octanol–water partition coefficient (Wildman–Crippen LogP) is 2.33. The Morgan fingerprint density at radius 2 is 2.32 bits per heavy atom. The Morgan fingerprint density at radius 1 is 1.50 bits per heavy atom. The molecule has 2 aliphatic rings. The second-order valence-electron chi connectivity index (χ2n) is 6.22. The lowest BCUT2D eigenvalue weighted by molar-refractivity contribution is -0.142. The van der Waals surface area contributed by atoms with Gasteiger partial charge in [0.25, 0.3) is 0 Å². The lowest BCUT2D eigenvalue weighted by Gasteiger charge is -2.36. The van der Waals surface area contributed by atoms with E-state index in [0.717, 1.165) is 37.3 Å². The van der Waals surface area contributed by atoms with Gasteiger partial charge in [-0.15, -0.1) is 0 Å². The smallest absolute Gasteiger partial charge is 0.320 e. The van der Waals surface area contributed by atoms with E-state index >= 15 is 0 Å². The van der Waals surface area contributed by atoms with Crippen molar-refractivity contribution in [2.24, 2.45) is 0 Å². The molecule has 2 aliphatic heterocycles. The number of carbonyl (C=O) groups is 1. The van der Waals surface area contributed by atoms with E-state index in [4.69, 9.17) is 9.47 Å². The second-order valence-corrected chi connectivity index (χ2v) is 6.22. The molecule has 3 rings (SSSR count). The Kier molecular flexibility index (Phi) is 4.00. The minimum Gasteiger partial charge on any atom is -0.494 e. The number of rotatable bonds is 4. The number of carboxylic acid groups (broad SMARTS) is 1. The van der Waals surface area contributed by atoms with E-state index in [2.05, 4.69) is 6.07 Å². The van der Waals surface area contributed by atoms with Crippen LogP contribution in [0.5, 0.6) is 11.5 Å². The summed E-state index contributed by atoms with van der Waals surface area (Å²) in [5.41, 5.74) is 0.959. The summed E-state index contributed by atoms with van der Waals surface area (Å²) in [6, 6.07) is 5.55. The molecule has 2 atom stereocenters. The molecular formula is C17H23NO4. The first-order valence-corrected chi connectivity index (χ1v) is 7.94. The lowest BCUT2D eigenvalue weighted by Crippen LogP contribution is -2.45. The number of fused-ring (bicyclic) bond motifs is 1. The fourth-order valence-corrected chi connectivity index (χ4v) is 3.39. The van der Waals surface area contributed by atoms with E-state index in [9.17, 15) is 9.90 Å². The molecule has 2 heterocycles. The number of aryl methyl sites for hydroxylation is 1. The zero-order valence-electron chi connectivity index (χ0n) is 13.2. The Morgan fingerprint density at radius 3 is 3.05 bits per heavy atom. The van der Waals surface area contributed by atoms with Crippen molar-refractivity contribution in [3.63, 3.8) is 0 Å². The van der Waals surface area contributed by atoms with Gasteiger partial charge in [0.2, 0.25) is 0 Å². The van der Waals surface area contributed by atoms with Crippen molar-refractivity contribution in [2.75, 3.05) is 19.7 Å². The largest absolute Gasteiger partial charge is 0.494 e. The van der Waals surface area contributed by atoms with Gasteiger partial charge in [-0.2, -0.15) is 0 Å². The number of likely N-dealkylation sites (tertiary alicyclic amines) is 1. The predicted molar refractivity (Wildman–Crippen MR) is 82.6 cm³/mol. The third-order valence-electron chi connectivity index (χ3n) is 4.78. The molecule has 1 aromatic rings. The number of aliphatic carboxylic acids is 1. The van der Waals surface area contributed by atoms with Crippen LogP contribution in [0.1, 0.15) is 32.3 Å². The summed E-state index contributed by atoms with van der Waals surface area (Å²) < 4.78 is 11.9. The van der Waals surface area contributed by atoms with Crippen molar-refractivity contribution in [3.8, 4) is 11.5 Å². The van der Waals surface area contributed by atoms with Gasteiger partial charge < -0.3 is 14.6 Å². The first-order chi connectivity index (χ1) is 10.5. The van der Waals surface area contributed by atoms with Gasteiger partial charge in [0, 0.05) is 25.6 Å². The molecule has 1 N–H and O–H groups in total. The Hall–Kier alpha value is -1.75. The molecule has 5 nitrogen and oxygen atoms in total. The molecule has 120 valence electrons. The minimum absolute atomic E-state index is 0.248. The number of carboxylic acids is 1. The molecule has 0 saturated carbocycles. The van der Waals surface area contributed by atoms with Crippen LogP contribution in [-0.2, 0) is 11.2 Å². The lowest BCUT2D eigenvalue weighted by atomic mass is 9.90. The van der Waals surface area contributed by atoms with Gasteiger partial charge in [-0.25, -0.2) is 0 Å². The number of hydrogen-bond donors (Lipinski definition) is 1. The third-order valence-corrected chi connectivity index (χ3v) is 4.78. The normalized spacial score (nSPS) is 25.5. The van der Waals surface area contributed by atoms with Gasteiger partial charge in [0.15, 0.2) is 0 Å². The van der Waals surface area contributed by atoms with Crippen molar-refractivity contribution in [3.05, 3.63) is 23.8 Å². The van der Waals surface area contributed by atoms with Gasteiger partial charge in [-0.3, -0.25) is 9.69 Å². The SMILES string of the molecule is CCOc1ccc2c(c1)OC1(CC2)CCN(C(C)C(=O)O)C1. The van der Waals surface area contributed by atoms with Crippen LogP contribution in [0.3, 0.4) is 0 Å². The highest BCUT2D eigenvalue weighted by Gasteiger charge is 2.44. The molecule has 22 heavy (non-hydrogen) atoms. The molecule has 0 radical (unpaired) electrons. The molecule has 0 bridgehead atoms. The highest BCUT2D eigenvalue weighted by molar-refractivity contribution is 5.73. The maximum Gasteiger partial charge on any atom is 0.320 e.